The number of hydrogen-bond donors (Lipinski definition) is 1. The van der Waals surface area contributed by atoms with E-state index in [1.165, 1.54) is 0 Å². The summed E-state index contributed by atoms with van der Waals surface area (Å²) >= 11 is 0. The summed E-state index contributed by atoms with van der Waals surface area (Å²) in [6.45, 7) is 0.556. The number of hydrogen-bond acceptors (Lipinski definition) is 4. The fraction of sp³-hybridized carbons (Fsp3) is 0.286. The number of benzene rings is 2. The fourth-order valence-corrected chi connectivity index (χ4v) is 4.60. The average Bonchev–Trinajstić information content (AvgIpc) is 3.10. The molecule has 7 heteroatoms. The van der Waals surface area contributed by atoms with Crippen LogP contribution in [0.3, 0.4) is 0 Å². The Labute approximate surface area is 165 Å². The molecule has 0 aliphatic heterocycles. The minimum absolute atomic E-state index is 0.0810. The largest absolute Gasteiger partial charge is 0.373 e. The lowest BCUT2D eigenvalue weighted by molar-refractivity contribution is -0.0220. The molecule has 1 aromatic heterocycles. The number of nitrogens with zero attached hydrogens (tertiary/aromatic N) is 2. The lowest BCUT2D eigenvalue weighted by Gasteiger charge is -2.35. The summed E-state index contributed by atoms with van der Waals surface area (Å²) in [4.78, 5) is 0.270. The molecule has 1 saturated carbocycles. The Kier molecular flexibility index (Phi) is 5.30. The number of sulfonamides is 1. The van der Waals surface area contributed by atoms with E-state index in [1.807, 2.05) is 43.4 Å². The first-order valence-corrected chi connectivity index (χ1v) is 10.8. The topological polar surface area (TPSA) is 73.2 Å². The summed E-state index contributed by atoms with van der Waals surface area (Å²) in [7, 11) is -1.68. The smallest absolute Gasteiger partial charge is 0.240 e. The van der Waals surface area contributed by atoms with E-state index in [0.29, 0.717) is 19.4 Å². The summed E-state index contributed by atoms with van der Waals surface area (Å²) in [5.74, 6) is 0. The first kappa shape index (κ1) is 18.9. The maximum atomic E-state index is 12.6. The molecule has 1 N–H and O–H groups in total. The third-order valence-electron chi connectivity index (χ3n) is 5.03. The number of ether oxygens (including phenoxy) is 1. The van der Waals surface area contributed by atoms with Crippen molar-refractivity contribution >= 4 is 10.0 Å². The molecule has 28 heavy (non-hydrogen) atoms. The maximum Gasteiger partial charge on any atom is 0.240 e. The molecule has 0 spiro atoms. The second-order valence-electron chi connectivity index (χ2n) is 7.07. The molecule has 0 saturated heterocycles. The van der Waals surface area contributed by atoms with Crippen molar-refractivity contribution in [3.63, 3.8) is 0 Å². The van der Waals surface area contributed by atoms with Crippen molar-refractivity contribution in [1.29, 1.82) is 0 Å². The number of aromatic nitrogens is 2. The van der Waals surface area contributed by atoms with Crippen molar-refractivity contribution < 1.29 is 13.2 Å². The lowest BCUT2D eigenvalue weighted by Crippen LogP contribution is -2.47. The number of nitrogens with one attached hydrogen (secondary N) is 1. The van der Waals surface area contributed by atoms with Crippen molar-refractivity contribution in [2.24, 2.45) is 7.05 Å². The summed E-state index contributed by atoms with van der Waals surface area (Å²) in [6, 6.07) is 18.7. The summed E-state index contributed by atoms with van der Waals surface area (Å²) in [5, 5.41) is 4.14. The highest BCUT2D eigenvalue weighted by molar-refractivity contribution is 7.89. The highest BCUT2D eigenvalue weighted by Crippen LogP contribution is 2.27. The predicted molar refractivity (Wildman–Crippen MR) is 107 cm³/mol. The Morgan fingerprint density at radius 3 is 2.43 bits per heavy atom. The standard InChI is InChI=1S/C21H23N3O3S/c1-24-21(11-12-22-24)17-7-9-20(10-8-17)28(25,26)23-18-13-19(14-18)27-15-16-5-3-2-4-6-16/h2-12,18-19,23H,13-15H2,1H3. The van der Waals surface area contributed by atoms with Gasteiger partial charge in [0.1, 0.15) is 0 Å². The van der Waals surface area contributed by atoms with Gasteiger partial charge in [-0.2, -0.15) is 5.10 Å². The Morgan fingerprint density at radius 1 is 1.07 bits per heavy atom. The molecule has 1 aliphatic rings. The minimum Gasteiger partial charge on any atom is -0.373 e. The quantitative estimate of drug-likeness (QED) is 0.665. The SMILES string of the molecule is Cn1nccc1-c1ccc(S(=O)(=O)NC2CC(OCc3ccccc3)C2)cc1. The van der Waals surface area contributed by atoms with Crippen LogP contribution in [0.15, 0.2) is 71.8 Å². The first-order valence-electron chi connectivity index (χ1n) is 9.27. The van der Waals surface area contributed by atoms with Crippen LogP contribution < -0.4 is 4.72 Å². The van der Waals surface area contributed by atoms with Gasteiger partial charge in [0.25, 0.3) is 0 Å². The zero-order valence-corrected chi connectivity index (χ0v) is 16.5. The van der Waals surface area contributed by atoms with Gasteiger partial charge in [0.15, 0.2) is 0 Å². The van der Waals surface area contributed by atoms with E-state index in [0.717, 1.165) is 16.8 Å². The second kappa shape index (κ2) is 7.87. The zero-order chi connectivity index (χ0) is 19.6. The van der Waals surface area contributed by atoms with Crippen molar-refractivity contribution in [3.05, 3.63) is 72.4 Å². The Morgan fingerprint density at radius 2 is 1.79 bits per heavy atom. The van der Waals surface area contributed by atoms with Gasteiger partial charge in [-0.25, -0.2) is 13.1 Å². The van der Waals surface area contributed by atoms with Gasteiger partial charge in [0.05, 0.1) is 23.3 Å². The van der Waals surface area contributed by atoms with Gasteiger partial charge in [0, 0.05) is 19.3 Å². The monoisotopic (exact) mass is 397 g/mol. The van der Waals surface area contributed by atoms with Crippen LogP contribution in [-0.2, 0) is 28.4 Å². The fourth-order valence-electron chi connectivity index (χ4n) is 3.34. The normalized spacial score (nSPS) is 19.3. The molecular formula is C21H23N3O3S. The second-order valence-corrected chi connectivity index (χ2v) is 8.79. The molecule has 6 nitrogen and oxygen atoms in total. The molecule has 0 radical (unpaired) electrons. The van der Waals surface area contributed by atoms with Crippen molar-refractivity contribution in [2.45, 2.75) is 36.5 Å². The highest BCUT2D eigenvalue weighted by atomic mass is 32.2. The van der Waals surface area contributed by atoms with Crippen LogP contribution in [0.1, 0.15) is 18.4 Å². The van der Waals surface area contributed by atoms with E-state index in [9.17, 15) is 8.42 Å². The van der Waals surface area contributed by atoms with Crippen molar-refractivity contribution in [2.75, 3.05) is 0 Å². The zero-order valence-electron chi connectivity index (χ0n) is 15.7. The highest BCUT2D eigenvalue weighted by Gasteiger charge is 2.33. The Hall–Kier alpha value is -2.48. The van der Waals surface area contributed by atoms with Gasteiger partial charge in [-0.15, -0.1) is 0 Å². The van der Waals surface area contributed by atoms with Gasteiger partial charge in [-0.3, -0.25) is 4.68 Å². The summed E-state index contributed by atoms with van der Waals surface area (Å²) in [5.41, 5.74) is 2.99. The van der Waals surface area contributed by atoms with E-state index in [-0.39, 0.29) is 17.0 Å². The number of aryl methyl sites for hydroxylation is 1. The van der Waals surface area contributed by atoms with Crippen LogP contribution in [-0.4, -0.2) is 30.3 Å². The molecular weight excluding hydrogens is 374 g/mol. The molecule has 0 amide bonds. The van der Waals surface area contributed by atoms with Crippen LogP contribution >= 0.6 is 0 Å². The third-order valence-corrected chi connectivity index (χ3v) is 6.56. The van der Waals surface area contributed by atoms with Crippen LogP contribution in [0.25, 0.3) is 11.3 Å². The molecule has 0 unspecified atom stereocenters. The molecule has 0 atom stereocenters. The summed E-state index contributed by atoms with van der Waals surface area (Å²) in [6.07, 6.45) is 3.20. The van der Waals surface area contributed by atoms with Gasteiger partial charge < -0.3 is 4.74 Å². The van der Waals surface area contributed by atoms with Gasteiger partial charge >= 0.3 is 0 Å². The van der Waals surface area contributed by atoms with Crippen LogP contribution in [0.5, 0.6) is 0 Å². The van der Waals surface area contributed by atoms with Gasteiger partial charge in [-0.05, 0) is 42.2 Å². The minimum atomic E-state index is -3.53. The van der Waals surface area contributed by atoms with Crippen LogP contribution in [0, 0.1) is 0 Å². The van der Waals surface area contributed by atoms with Crippen LogP contribution in [0.2, 0.25) is 0 Å². The first-order chi connectivity index (χ1) is 13.5. The van der Waals surface area contributed by atoms with Crippen molar-refractivity contribution in [3.8, 4) is 11.3 Å². The van der Waals surface area contributed by atoms with Gasteiger partial charge in [0.2, 0.25) is 10.0 Å². The van der Waals surface area contributed by atoms with E-state index in [1.54, 1.807) is 35.1 Å². The molecule has 4 rings (SSSR count). The number of rotatable bonds is 7. The van der Waals surface area contributed by atoms with E-state index >= 15 is 0 Å². The molecule has 2 aromatic carbocycles. The Bertz CT molecular complexity index is 1020. The molecule has 146 valence electrons. The summed E-state index contributed by atoms with van der Waals surface area (Å²) < 4.78 is 35.6. The molecule has 1 aliphatic carbocycles. The van der Waals surface area contributed by atoms with E-state index < -0.39 is 10.0 Å². The molecule has 3 aromatic rings. The van der Waals surface area contributed by atoms with Crippen LogP contribution in [0.4, 0.5) is 0 Å². The molecule has 0 bridgehead atoms. The predicted octanol–water partition coefficient (Wildman–Crippen LogP) is 3.11. The lowest BCUT2D eigenvalue weighted by atomic mass is 9.90. The van der Waals surface area contributed by atoms with Gasteiger partial charge in [-0.1, -0.05) is 42.5 Å². The average molecular weight is 398 g/mol. The third kappa shape index (κ3) is 4.16. The van der Waals surface area contributed by atoms with Crippen molar-refractivity contribution in [1.82, 2.24) is 14.5 Å². The molecule has 1 heterocycles. The maximum absolute atomic E-state index is 12.6. The molecule has 1 fully saturated rings. The van der Waals surface area contributed by atoms with E-state index in [4.69, 9.17) is 4.74 Å². The van der Waals surface area contributed by atoms with E-state index in [2.05, 4.69) is 9.82 Å². The Balaban J connectivity index is 1.31.